The third-order valence-electron chi connectivity index (χ3n) is 5.47. The molecular formula is C26H25F3O3S. The lowest BCUT2D eigenvalue weighted by molar-refractivity contribution is -0.146. The quantitative estimate of drug-likeness (QED) is 0.270. The molecule has 0 fully saturated rings. The second kappa shape index (κ2) is 9.91. The first-order chi connectivity index (χ1) is 15.6. The molecule has 0 saturated heterocycles. The molecule has 174 valence electrons. The van der Waals surface area contributed by atoms with Crippen molar-refractivity contribution in [2.45, 2.75) is 36.1 Å². The van der Waals surface area contributed by atoms with Gasteiger partial charge < -0.3 is 9.47 Å². The van der Waals surface area contributed by atoms with E-state index in [1.807, 2.05) is 42.5 Å². The van der Waals surface area contributed by atoms with E-state index in [9.17, 15) is 18.0 Å². The zero-order valence-corrected chi connectivity index (χ0v) is 19.6. The zero-order chi connectivity index (χ0) is 24.2. The number of halogens is 3. The summed E-state index contributed by atoms with van der Waals surface area (Å²) >= 11 is 1.60. The Morgan fingerprint density at radius 1 is 0.848 bits per heavy atom. The first-order valence-corrected chi connectivity index (χ1v) is 11.2. The minimum Gasteiger partial charge on any atom is -0.496 e. The Hall–Kier alpha value is -2.93. The van der Waals surface area contributed by atoms with Gasteiger partial charge in [-0.3, -0.25) is 4.79 Å². The number of hydrogen-bond donors (Lipinski definition) is 0. The molecule has 7 heteroatoms. The van der Waals surface area contributed by atoms with Crippen molar-refractivity contribution in [3.8, 4) is 16.9 Å². The summed E-state index contributed by atoms with van der Waals surface area (Å²) in [5.74, 6) is 1.04. The molecular weight excluding hydrogens is 449 g/mol. The van der Waals surface area contributed by atoms with Gasteiger partial charge >= 0.3 is 12.1 Å². The van der Waals surface area contributed by atoms with Crippen molar-refractivity contribution in [1.82, 2.24) is 0 Å². The predicted molar refractivity (Wildman–Crippen MR) is 124 cm³/mol. The minimum atomic E-state index is -4.34. The van der Waals surface area contributed by atoms with E-state index >= 15 is 0 Å². The number of esters is 1. The van der Waals surface area contributed by atoms with Gasteiger partial charge in [-0.25, -0.2) is 0 Å². The van der Waals surface area contributed by atoms with Crippen LogP contribution in [0.5, 0.6) is 5.75 Å². The molecule has 3 aromatic rings. The van der Waals surface area contributed by atoms with Crippen molar-refractivity contribution in [3.05, 3.63) is 83.4 Å². The van der Waals surface area contributed by atoms with Crippen LogP contribution in [0.1, 0.15) is 30.5 Å². The first kappa shape index (κ1) is 24.7. The molecule has 0 aromatic heterocycles. The van der Waals surface area contributed by atoms with Crippen LogP contribution >= 0.6 is 11.8 Å². The topological polar surface area (TPSA) is 35.5 Å². The minimum absolute atomic E-state index is 0.321. The van der Waals surface area contributed by atoms with Crippen LogP contribution in [0.3, 0.4) is 0 Å². The summed E-state index contributed by atoms with van der Waals surface area (Å²) in [7, 11) is 2.96. The van der Waals surface area contributed by atoms with Gasteiger partial charge in [-0.2, -0.15) is 13.2 Å². The number of carbonyl (C=O) groups is 1. The van der Waals surface area contributed by atoms with E-state index in [0.29, 0.717) is 11.5 Å². The second-order valence-electron chi connectivity index (χ2n) is 8.04. The summed E-state index contributed by atoms with van der Waals surface area (Å²) in [4.78, 5) is 13.0. The largest absolute Gasteiger partial charge is 0.496 e. The molecule has 0 N–H and O–H groups in total. The van der Waals surface area contributed by atoms with E-state index in [0.717, 1.165) is 39.3 Å². The Bertz CT molecular complexity index is 1110. The summed E-state index contributed by atoms with van der Waals surface area (Å²) < 4.78 is 48.7. The molecule has 0 radical (unpaired) electrons. The van der Waals surface area contributed by atoms with Crippen molar-refractivity contribution >= 4 is 17.7 Å². The highest BCUT2D eigenvalue weighted by Gasteiger charge is 2.32. The van der Waals surface area contributed by atoms with E-state index < -0.39 is 17.2 Å². The normalized spacial score (nSPS) is 11.8. The number of alkyl halides is 3. The number of hydrogen-bond acceptors (Lipinski definition) is 4. The van der Waals surface area contributed by atoms with Crippen LogP contribution in [0, 0.1) is 0 Å². The third kappa shape index (κ3) is 5.71. The van der Waals surface area contributed by atoms with Gasteiger partial charge in [-0.1, -0.05) is 42.5 Å². The van der Waals surface area contributed by atoms with E-state index in [1.54, 1.807) is 32.7 Å². The van der Waals surface area contributed by atoms with Crippen molar-refractivity contribution in [1.29, 1.82) is 0 Å². The molecule has 3 nitrogen and oxygen atoms in total. The lowest BCUT2D eigenvalue weighted by Gasteiger charge is -2.23. The molecule has 3 rings (SSSR count). The highest BCUT2D eigenvalue weighted by atomic mass is 32.2. The summed E-state index contributed by atoms with van der Waals surface area (Å²) in [6, 6.07) is 18.6. The lowest BCUT2D eigenvalue weighted by Crippen LogP contribution is -2.30. The van der Waals surface area contributed by atoms with Crippen LogP contribution in [0.2, 0.25) is 0 Å². The van der Waals surface area contributed by atoms with Gasteiger partial charge in [0, 0.05) is 10.6 Å². The fraction of sp³-hybridized carbons (Fsp3) is 0.269. The Balaban J connectivity index is 1.71. The molecule has 0 aliphatic rings. The molecule has 0 saturated carbocycles. The van der Waals surface area contributed by atoms with Crippen LogP contribution in [0.25, 0.3) is 11.1 Å². The van der Waals surface area contributed by atoms with Crippen molar-refractivity contribution in [2.24, 2.45) is 0 Å². The van der Waals surface area contributed by atoms with Crippen LogP contribution < -0.4 is 4.74 Å². The smallest absolute Gasteiger partial charge is 0.416 e. The standard InChI is InChI=1S/C26H25F3O3S/c1-25(2,24(30)32-4)21-13-14-23(22(15-21)31-3)33-16-17-5-7-18(8-6-17)19-9-11-20(12-10-19)26(27,28)29/h5-15H,16H2,1-4H3. The number of methoxy groups -OCH3 is 2. The maximum Gasteiger partial charge on any atom is 0.416 e. The van der Waals surface area contributed by atoms with Gasteiger partial charge in [-0.15, -0.1) is 11.8 Å². The molecule has 0 aliphatic carbocycles. The highest BCUT2D eigenvalue weighted by Crippen LogP contribution is 2.36. The molecule has 0 amide bonds. The van der Waals surface area contributed by atoms with Crippen molar-refractivity contribution in [3.63, 3.8) is 0 Å². The SMILES string of the molecule is COC(=O)C(C)(C)c1ccc(SCc2ccc(-c3ccc(C(F)(F)F)cc3)cc2)c(OC)c1. The average molecular weight is 475 g/mol. The van der Waals surface area contributed by atoms with Gasteiger partial charge in [0.2, 0.25) is 0 Å². The molecule has 0 bridgehead atoms. The molecule has 0 unspecified atom stereocenters. The molecule has 33 heavy (non-hydrogen) atoms. The maximum atomic E-state index is 12.8. The first-order valence-electron chi connectivity index (χ1n) is 10.2. The Morgan fingerprint density at radius 2 is 1.39 bits per heavy atom. The van der Waals surface area contributed by atoms with Gasteiger partial charge in [0.25, 0.3) is 0 Å². The van der Waals surface area contributed by atoms with Crippen molar-refractivity contribution in [2.75, 3.05) is 14.2 Å². The Kier molecular flexibility index (Phi) is 7.42. The maximum absolute atomic E-state index is 12.8. The zero-order valence-electron chi connectivity index (χ0n) is 18.8. The van der Waals surface area contributed by atoms with Crippen LogP contribution in [-0.2, 0) is 26.9 Å². The lowest BCUT2D eigenvalue weighted by atomic mass is 9.84. The van der Waals surface area contributed by atoms with E-state index in [-0.39, 0.29) is 5.97 Å². The fourth-order valence-electron chi connectivity index (χ4n) is 3.35. The number of carbonyl (C=O) groups excluding carboxylic acids is 1. The number of benzene rings is 3. The van der Waals surface area contributed by atoms with Crippen LogP contribution in [0.15, 0.2) is 71.6 Å². The van der Waals surface area contributed by atoms with Gasteiger partial charge in [0.05, 0.1) is 25.2 Å². The second-order valence-corrected chi connectivity index (χ2v) is 9.06. The summed E-state index contributed by atoms with van der Waals surface area (Å²) in [6.45, 7) is 3.61. The van der Waals surface area contributed by atoms with E-state index in [4.69, 9.17) is 9.47 Å². The Morgan fingerprint density at radius 3 is 1.91 bits per heavy atom. The summed E-state index contributed by atoms with van der Waals surface area (Å²) in [5, 5.41) is 0. The molecule has 0 aliphatic heterocycles. The van der Waals surface area contributed by atoms with Gasteiger partial charge in [-0.05, 0) is 60.4 Å². The van der Waals surface area contributed by atoms with Crippen LogP contribution in [-0.4, -0.2) is 20.2 Å². The monoisotopic (exact) mass is 474 g/mol. The summed E-state index contributed by atoms with van der Waals surface area (Å²) in [5.41, 5.74) is 2.00. The third-order valence-corrected chi connectivity index (χ3v) is 6.60. The highest BCUT2D eigenvalue weighted by molar-refractivity contribution is 7.98. The van der Waals surface area contributed by atoms with E-state index in [1.165, 1.54) is 19.2 Å². The van der Waals surface area contributed by atoms with Gasteiger partial charge in [0.15, 0.2) is 0 Å². The molecule has 0 heterocycles. The van der Waals surface area contributed by atoms with Gasteiger partial charge in [0.1, 0.15) is 5.75 Å². The molecule has 0 spiro atoms. The van der Waals surface area contributed by atoms with Crippen molar-refractivity contribution < 1.29 is 27.4 Å². The van der Waals surface area contributed by atoms with E-state index in [2.05, 4.69) is 0 Å². The molecule has 0 atom stereocenters. The number of thioether (sulfide) groups is 1. The Labute approximate surface area is 195 Å². The average Bonchev–Trinajstić information content (AvgIpc) is 2.81. The number of rotatable bonds is 7. The number of ether oxygens (including phenoxy) is 2. The fourth-order valence-corrected chi connectivity index (χ4v) is 4.32. The summed E-state index contributed by atoms with van der Waals surface area (Å²) in [6.07, 6.45) is -4.34. The van der Waals surface area contributed by atoms with Crippen LogP contribution in [0.4, 0.5) is 13.2 Å². The predicted octanol–water partition coefficient (Wildman–Crippen LogP) is 7.12. The molecule has 3 aromatic carbocycles.